The fraction of sp³-hybridized carbons (Fsp3) is 0.625. The molecule has 0 radical (unpaired) electrons. The van der Waals surface area contributed by atoms with Gasteiger partial charge >= 0.3 is 0 Å². The Kier molecular flexibility index (Phi) is 4.79. The van der Waals surface area contributed by atoms with Gasteiger partial charge in [0.2, 0.25) is 0 Å². The molecule has 2 N–H and O–H groups in total. The lowest BCUT2D eigenvalue weighted by Crippen LogP contribution is -2.36. The Morgan fingerprint density at radius 1 is 1.17 bits per heavy atom. The highest BCUT2D eigenvalue weighted by Gasteiger charge is 2.12. The fourth-order valence-electron chi connectivity index (χ4n) is 2.66. The van der Waals surface area contributed by atoms with Gasteiger partial charge in [-0.1, -0.05) is 32.0 Å². The number of aliphatic hydroxyl groups excluding tert-OH is 1. The first-order valence-corrected chi connectivity index (χ1v) is 7.15. The standard InChI is InChI=1S/C16H25NO/c1-12(2)16(11-18)17-10-13-7-8-14-5-3-4-6-15(14)9-13/h7-9,12,16-18H,3-6,10-11H2,1-2H3. The Morgan fingerprint density at radius 3 is 2.56 bits per heavy atom. The second kappa shape index (κ2) is 6.35. The Bertz CT molecular complexity index is 387. The molecule has 0 saturated carbocycles. The Labute approximate surface area is 110 Å². The minimum absolute atomic E-state index is 0.195. The molecule has 0 amide bonds. The van der Waals surface area contributed by atoms with E-state index in [0.29, 0.717) is 5.92 Å². The first kappa shape index (κ1) is 13.6. The van der Waals surface area contributed by atoms with Gasteiger partial charge in [0, 0.05) is 12.6 Å². The van der Waals surface area contributed by atoms with Crippen molar-refractivity contribution in [3.63, 3.8) is 0 Å². The van der Waals surface area contributed by atoms with Gasteiger partial charge < -0.3 is 10.4 Å². The van der Waals surface area contributed by atoms with E-state index in [1.54, 1.807) is 0 Å². The number of hydrogen-bond donors (Lipinski definition) is 2. The number of rotatable bonds is 5. The molecule has 0 aromatic heterocycles. The molecule has 2 rings (SSSR count). The lowest BCUT2D eigenvalue weighted by molar-refractivity contribution is 0.210. The van der Waals surface area contributed by atoms with Gasteiger partial charge in [0.25, 0.3) is 0 Å². The third-order valence-electron chi connectivity index (χ3n) is 3.98. The van der Waals surface area contributed by atoms with Crippen molar-refractivity contribution in [2.75, 3.05) is 6.61 Å². The Balaban J connectivity index is 1.97. The van der Waals surface area contributed by atoms with Crippen LogP contribution in [-0.4, -0.2) is 17.8 Å². The summed E-state index contributed by atoms with van der Waals surface area (Å²) in [5.41, 5.74) is 4.41. The summed E-state index contributed by atoms with van der Waals surface area (Å²) < 4.78 is 0. The first-order valence-electron chi connectivity index (χ1n) is 7.15. The number of nitrogens with one attached hydrogen (secondary N) is 1. The van der Waals surface area contributed by atoms with E-state index in [4.69, 9.17) is 0 Å². The lowest BCUT2D eigenvalue weighted by Gasteiger charge is -2.21. The van der Waals surface area contributed by atoms with Crippen LogP contribution < -0.4 is 5.32 Å². The van der Waals surface area contributed by atoms with Crippen molar-refractivity contribution < 1.29 is 5.11 Å². The zero-order chi connectivity index (χ0) is 13.0. The van der Waals surface area contributed by atoms with Gasteiger partial charge in [0.15, 0.2) is 0 Å². The number of benzene rings is 1. The second-order valence-corrected chi connectivity index (χ2v) is 5.72. The van der Waals surface area contributed by atoms with Gasteiger partial charge in [0.1, 0.15) is 0 Å². The molecule has 100 valence electrons. The Hall–Kier alpha value is -0.860. The largest absolute Gasteiger partial charge is 0.395 e. The van der Waals surface area contributed by atoms with Crippen molar-refractivity contribution in [1.82, 2.24) is 5.32 Å². The molecule has 1 unspecified atom stereocenters. The molecule has 2 heteroatoms. The van der Waals surface area contributed by atoms with E-state index in [2.05, 4.69) is 37.4 Å². The van der Waals surface area contributed by atoms with Crippen molar-refractivity contribution in [3.8, 4) is 0 Å². The van der Waals surface area contributed by atoms with Crippen LogP contribution in [0.15, 0.2) is 18.2 Å². The van der Waals surface area contributed by atoms with Gasteiger partial charge in [-0.2, -0.15) is 0 Å². The van der Waals surface area contributed by atoms with Crippen LogP contribution in [0.4, 0.5) is 0 Å². The quantitative estimate of drug-likeness (QED) is 0.838. The topological polar surface area (TPSA) is 32.3 Å². The highest BCUT2D eigenvalue weighted by Crippen LogP contribution is 2.22. The number of aryl methyl sites for hydroxylation is 2. The summed E-state index contributed by atoms with van der Waals surface area (Å²) in [6.07, 6.45) is 5.14. The van der Waals surface area contributed by atoms with E-state index < -0.39 is 0 Å². The van der Waals surface area contributed by atoms with Crippen molar-refractivity contribution in [3.05, 3.63) is 34.9 Å². The van der Waals surface area contributed by atoms with Crippen LogP contribution >= 0.6 is 0 Å². The van der Waals surface area contributed by atoms with E-state index in [-0.39, 0.29) is 12.6 Å². The van der Waals surface area contributed by atoms with Gasteiger partial charge in [-0.15, -0.1) is 0 Å². The van der Waals surface area contributed by atoms with Crippen LogP contribution in [0.2, 0.25) is 0 Å². The predicted molar refractivity (Wildman–Crippen MR) is 75.6 cm³/mol. The first-order chi connectivity index (χ1) is 8.70. The van der Waals surface area contributed by atoms with E-state index in [1.165, 1.54) is 42.4 Å². The van der Waals surface area contributed by atoms with Crippen molar-refractivity contribution in [1.29, 1.82) is 0 Å². The number of fused-ring (bicyclic) bond motifs is 1. The smallest absolute Gasteiger partial charge is 0.0587 e. The molecular formula is C16H25NO. The highest BCUT2D eigenvalue weighted by molar-refractivity contribution is 5.33. The molecule has 1 aliphatic carbocycles. The predicted octanol–water partition coefficient (Wildman–Crippen LogP) is 2.67. The van der Waals surface area contributed by atoms with Crippen molar-refractivity contribution >= 4 is 0 Å². The summed E-state index contributed by atoms with van der Waals surface area (Å²) in [6.45, 7) is 5.35. The van der Waals surface area contributed by atoms with Crippen LogP contribution in [0.1, 0.15) is 43.4 Å². The monoisotopic (exact) mass is 247 g/mol. The highest BCUT2D eigenvalue weighted by atomic mass is 16.3. The second-order valence-electron chi connectivity index (χ2n) is 5.72. The van der Waals surface area contributed by atoms with E-state index in [1.807, 2.05) is 0 Å². The summed E-state index contributed by atoms with van der Waals surface area (Å²) in [5, 5.41) is 12.7. The molecule has 0 fully saturated rings. The maximum atomic E-state index is 9.30. The number of hydrogen-bond acceptors (Lipinski definition) is 2. The third kappa shape index (κ3) is 3.33. The van der Waals surface area contributed by atoms with Crippen LogP contribution in [-0.2, 0) is 19.4 Å². The average molecular weight is 247 g/mol. The normalized spacial score (nSPS) is 16.7. The third-order valence-corrected chi connectivity index (χ3v) is 3.98. The van der Waals surface area contributed by atoms with Gasteiger partial charge in [-0.05, 0) is 48.3 Å². The molecule has 0 bridgehead atoms. The number of aliphatic hydroxyl groups is 1. The molecule has 18 heavy (non-hydrogen) atoms. The van der Waals surface area contributed by atoms with Gasteiger partial charge in [-0.3, -0.25) is 0 Å². The lowest BCUT2D eigenvalue weighted by atomic mass is 9.90. The molecule has 0 spiro atoms. The zero-order valence-electron chi connectivity index (χ0n) is 11.6. The molecule has 1 atom stereocenters. The molecule has 0 heterocycles. The summed E-state index contributed by atoms with van der Waals surface area (Å²) in [6, 6.07) is 7.05. The van der Waals surface area contributed by atoms with Crippen LogP contribution in [0, 0.1) is 5.92 Å². The SMILES string of the molecule is CC(C)C(CO)NCc1ccc2c(c1)CCCC2. The summed E-state index contributed by atoms with van der Waals surface area (Å²) in [5.74, 6) is 0.465. The summed E-state index contributed by atoms with van der Waals surface area (Å²) >= 11 is 0. The zero-order valence-corrected chi connectivity index (χ0v) is 11.6. The van der Waals surface area contributed by atoms with E-state index in [9.17, 15) is 5.11 Å². The molecular weight excluding hydrogens is 222 g/mol. The molecule has 1 aromatic carbocycles. The minimum Gasteiger partial charge on any atom is -0.395 e. The van der Waals surface area contributed by atoms with Crippen LogP contribution in [0.3, 0.4) is 0 Å². The van der Waals surface area contributed by atoms with Crippen molar-refractivity contribution in [2.45, 2.75) is 52.1 Å². The van der Waals surface area contributed by atoms with E-state index >= 15 is 0 Å². The molecule has 2 nitrogen and oxygen atoms in total. The van der Waals surface area contributed by atoms with Gasteiger partial charge in [0.05, 0.1) is 6.61 Å². The van der Waals surface area contributed by atoms with Crippen LogP contribution in [0.25, 0.3) is 0 Å². The molecule has 0 aliphatic heterocycles. The van der Waals surface area contributed by atoms with Gasteiger partial charge in [-0.25, -0.2) is 0 Å². The van der Waals surface area contributed by atoms with E-state index in [0.717, 1.165) is 6.54 Å². The summed E-state index contributed by atoms with van der Waals surface area (Å²) in [7, 11) is 0. The molecule has 1 aliphatic rings. The van der Waals surface area contributed by atoms with Crippen LogP contribution in [0.5, 0.6) is 0 Å². The molecule has 1 aromatic rings. The van der Waals surface area contributed by atoms with Crippen molar-refractivity contribution in [2.24, 2.45) is 5.92 Å². The maximum Gasteiger partial charge on any atom is 0.0587 e. The molecule has 0 saturated heterocycles. The minimum atomic E-state index is 0.195. The average Bonchev–Trinajstić information content (AvgIpc) is 2.39. The maximum absolute atomic E-state index is 9.30. The Morgan fingerprint density at radius 2 is 1.89 bits per heavy atom. The summed E-state index contributed by atoms with van der Waals surface area (Å²) in [4.78, 5) is 0. The fourth-order valence-corrected chi connectivity index (χ4v) is 2.66.